The number of hydrogen-bond donors (Lipinski definition) is 0. The predicted octanol–water partition coefficient (Wildman–Crippen LogP) is 2.90. The summed E-state index contributed by atoms with van der Waals surface area (Å²) in [4.78, 5) is 14.0. The molecule has 1 atom stereocenters. The largest absolute Gasteiger partial charge is 0.484 e. The molecule has 1 amide bonds. The third kappa shape index (κ3) is 5.62. The number of rotatable bonds is 7. The highest BCUT2D eigenvalue weighted by atomic mass is 32.2. The number of sulfone groups is 1. The monoisotopic (exact) mass is 393 g/mol. The lowest BCUT2D eigenvalue weighted by atomic mass is 10.2. The van der Waals surface area contributed by atoms with Gasteiger partial charge >= 0.3 is 6.18 Å². The smallest absolute Gasteiger partial charge is 0.416 e. The quantitative estimate of drug-likeness (QED) is 0.715. The molecule has 1 fully saturated rings. The van der Waals surface area contributed by atoms with Crippen molar-refractivity contribution in [2.24, 2.45) is 0 Å². The van der Waals surface area contributed by atoms with Crippen molar-refractivity contribution in [3.63, 3.8) is 0 Å². The topological polar surface area (TPSA) is 63.7 Å². The van der Waals surface area contributed by atoms with E-state index in [9.17, 15) is 26.4 Å². The Kier molecular flexibility index (Phi) is 6.54. The summed E-state index contributed by atoms with van der Waals surface area (Å²) in [6.07, 6.45) is -2.44. The summed E-state index contributed by atoms with van der Waals surface area (Å²) < 4.78 is 66.3. The molecule has 1 aromatic carbocycles. The van der Waals surface area contributed by atoms with Crippen LogP contribution in [0, 0.1) is 0 Å². The van der Waals surface area contributed by atoms with Gasteiger partial charge in [0, 0.05) is 12.6 Å². The highest BCUT2D eigenvalue weighted by Gasteiger charge is 2.34. The van der Waals surface area contributed by atoms with Crippen LogP contribution in [0.4, 0.5) is 13.2 Å². The fourth-order valence-corrected chi connectivity index (χ4v) is 4.56. The van der Waals surface area contributed by atoms with E-state index in [2.05, 4.69) is 0 Å². The summed E-state index contributed by atoms with van der Waals surface area (Å²) in [5, 5.41) is 0. The number of hydrogen-bond acceptors (Lipinski definition) is 4. The lowest BCUT2D eigenvalue weighted by Gasteiger charge is -2.28. The van der Waals surface area contributed by atoms with Crippen LogP contribution < -0.4 is 4.74 Å². The van der Waals surface area contributed by atoms with E-state index in [-0.39, 0.29) is 35.8 Å². The average molecular weight is 393 g/mol. The molecule has 1 heterocycles. The normalized spacial score (nSPS) is 19.3. The Morgan fingerprint density at radius 2 is 1.92 bits per heavy atom. The summed E-state index contributed by atoms with van der Waals surface area (Å²) in [6.45, 7) is 2.06. The Balaban J connectivity index is 1.98. The number of ether oxygens (including phenoxy) is 1. The third-order valence-electron chi connectivity index (χ3n) is 4.27. The van der Waals surface area contributed by atoms with Gasteiger partial charge in [0.15, 0.2) is 16.4 Å². The number of benzene rings is 1. The molecule has 0 bridgehead atoms. The lowest BCUT2D eigenvalue weighted by molar-refractivity contribution is -0.138. The Hall–Kier alpha value is -1.77. The molecular formula is C17H22F3NO4S. The summed E-state index contributed by atoms with van der Waals surface area (Å²) in [6, 6.07) is 3.73. The Morgan fingerprint density at radius 1 is 1.27 bits per heavy atom. The Bertz CT molecular complexity index is 717. The van der Waals surface area contributed by atoms with E-state index in [1.807, 2.05) is 6.92 Å². The van der Waals surface area contributed by atoms with Crippen molar-refractivity contribution in [3.05, 3.63) is 29.8 Å². The van der Waals surface area contributed by atoms with Crippen LogP contribution in [0.15, 0.2) is 24.3 Å². The van der Waals surface area contributed by atoms with Crippen molar-refractivity contribution in [1.29, 1.82) is 0 Å². The molecule has 0 N–H and O–H groups in total. The standard InChI is InChI=1S/C17H22F3NO4S/c1-2-3-9-21(14-8-10-26(23,24)12-14)16(22)11-25-15-6-4-13(5-7-15)17(18,19)20/h4-7,14H,2-3,8-12H2,1H3. The van der Waals surface area contributed by atoms with Crippen molar-refractivity contribution < 1.29 is 31.1 Å². The van der Waals surface area contributed by atoms with E-state index in [4.69, 9.17) is 4.74 Å². The van der Waals surface area contributed by atoms with Crippen molar-refractivity contribution >= 4 is 15.7 Å². The van der Waals surface area contributed by atoms with E-state index in [1.54, 1.807) is 0 Å². The highest BCUT2D eigenvalue weighted by Crippen LogP contribution is 2.30. The van der Waals surface area contributed by atoms with E-state index >= 15 is 0 Å². The first-order valence-corrected chi connectivity index (χ1v) is 10.2. The minimum Gasteiger partial charge on any atom is -0.484 e. The second kappa shape index (κ2) is 8.28. The molecule has 5 nitrogen and oxygen atoms in total. The molecule has 1 aliphatic rings. The zero-order valence-corrected chi connectivity index (χ0v) is 15.3. The molecule has 0 saturated carbocycles. The van der Waals surface area contributed by atoms with E-state index in [0.29, 0.717) is 13.0 Å². The first-order valence-electron chi connectivity index (χ1n) is 8.42. The molecule has 146 valence electrons. The van der Waals surface area contributed by atoms with Crippen LogP contribution in [0.25, 0.3) is 0 Å². The summed E-state index contributed by atoms with van der Waals surface area (Å²) in [5.41, 5.74) is -0.795. The van der Waals surface area contributed by atoms with Crippen molar-refractivity contribution in [2.45, 2.75) is 38.4 Å². The summed E-state index contributed by atoms with van der Waals surface area (Å²) in [7, 11) is -3.13. The van der Waals surface area contributed by atoms with Gasteiger partial charge in [-0.15, -0.1) is 0 Å². The fourth-order valence-electron chi connectivity index (χ4n) is 2.83. The molecule has 2 rings (SSSR count). The number of amides is 1. The Morgan fingerprint density at radius 3 is 2.42 bits per heavy atom. The van der Waals surface area contributed by atoms with Crippen molar-refractivity contribution in [3.8, 4) is 5.75 Å². The second-order valence-corrected chi connectivity index (χ2v) is 8.54. The van der Waals surface area contributed by atoms with Gasteiger partial charge < -0.3 is 9.64 Å². The number of carbonyl (C=O) groups is 1. The average Bonchev–Trinajstić information content (AvgIpc) is 2.92. The lowest BCUT2D eigenvalue weighted by Crippen LogP contribution is -2.44. The molecule has 1 aromatic rings. The maximum atomic E-state index is 12.5. The van der Waals surface area contributed by atoms with Crippen molar-refractivity contribution in [1.82, 2.24) is 4.90 Å². The van der Waals surface area contributed by atoms with Gasteiger partial charge in [0.05, 0.1) is 17.1 Å². The van der Waals surface area contributed by atoms with E-state index < -0.39 is 21.6 Å². The summed E-state index contributed by atoms with van der Waals surface area (Å²) >= 11 is 0. The van der Waals surface area contributed by atoms with E-state index in [0.717, 1.165) is 37.1 Å². The molecule has 9 heteroatoms. The zero-order valence-electron chi connectivity index (χ0n) is 14.5. The van der Waals surface area contributed by atoms with Crippen LogP contribution in [0.1, 0.15) is 31.7 Å². The first-order chi connectivity index (χ1) is 12.1. The number of alkyl halides is 3. The van der Waals surface area contributed by atoms with Gasteiger partial charge in [-0.25, -0.2) is 8.42 Å². The number of halogens is 3. The van der Waals surface area contributed by atoms with Gasteiger partial charge in [-0.3, -0.25) is 4.79 Å². The second-order valence-electron chi connectivity index (χ2n) is 6.31. The Labute approximate surface area is 151 Å². The predicted molar refractivity (Wildman–Crippen MR) is 90.6 cm³/mol. The molecule has 0 aliphatic carbocycles. The minimum absolute atomic E-state index is 0.0528. The molecule has 1 saturated heterocycles. The molecule has 26 heavy (non-hydrogen) atoms. The molecule has 0 aromatic heterocycles. The number of carbonyl (C=O) groups excluding carboxylic acids is 1. The SMILES string of the molecule is CCCCN(C(=O)COc1ccc(C(F)(F)F)cc1)C1CCS(=O)(=O)C1. The van der Waals surface area contributed by atoms with Gasteiger partial charge in [-0.1, -0.05) is 13.3 Å². The maximum absolute atomic E-state index is 12.5. The molecular weight excluding hydrogens is 371 g/mol. The highest BCUT2D eigenvalue weighted by molar-refractivity contribution is 7.91. The number of nitrogens with zero attached hydrogens (tertiary/aromatic N) is 1. The van der Waals surface area contributed by atoms with Crippen LogP contribution in [0.3, 0.4) is 0 Å². The summed E-state index contributed by atoms with van der Waals surface area (Å²) in [5.74, 6) is -0.197. The van der Waals surface area contributed by atoms with Crippen LogP contribution >= 0.6 is 0 Å². The third-order valence-corrected chi connectivity index (χ3v) is 6.02. The van der Waals surface area contributed by atoms with Crippen LogP contribution in [0.5, 0.6) is 5.75 Å². The van der Waals surface area contributed by atoms with Crippen LogP contribution in [0.2, 0.25) is 0 Å². The maximum Gasteiger partial charge on any atom is 0.416 e. The molecule has 0 spiro atoms. The molecule has 1 aliphatic heterocycles. The van der Waals surface area contributed by atoms with Crippen LogP contribution in [-0.4, -0.2) is 49.9 Å². The van der Waals surface area contributed by atoms with Gasteiger partial charge in [-0.2, -0.15) is 13.2 Å². The van der Waals surface area contributed by atoms with Gasteiger partial charge in [0.1, 0.15) is 5.75 Å². The van der Waals surface area contributed by atoms with Gasteiger partial charge in [0.25, 0.3) is 5.91 Å². The molecule has 1 unspecified atom stereocenters. The van der Waals surface area contributed by atoms with E-state index in [1.165, 1.54) is 4.90 Å². The van der Waals surface area contributed by atoms with Crippen molar-refractivity contribution in [2.75, 3.05) is 24.7 Å². The fraction of sp³-hybridized carbons (Fsp3) is 0.588. The first kappa shape index (κ1) is 20.5. The van der Waals surface area contributed by atoms with Crippen LogP contribution in [-0.2, 0) is 20.8 Å². The number of unbranched alkanes of at least 4 members (excludes halogenated alkanes) is 1. The molecule has 0 radical (unpaired) electrons. The van der Waals surface area contributed by atoms with Gasteiger partial charge in [-0.05, 0) is 37.1 Å². The zero-order chi connectivity index (χ0) is 19.4. The van der Waals surface area contributed by atoms with Gasteiger partial charge in [0.2, 0.25) is 0 Å². The minimum atomic E-state index is -4.43.